The molecule has 0 N–H and O–H groups in total. The standard InChI is InChI=1S/C5H7N3O/c1-8(2)4-3-6-7-5(4)9/h3H,1-2H3. The predicted molar refractivity (Wildman–Crippen MR) is 31.6 cm³/mol. The Kier molecular flexibility index (Phi) is 1.30. The Balaban J connectivity index is 2.76. The van der Waals surface area contributed by atoms with Gasteiger partial charge in [-0.25, -0.2) is 0 Å². The highest BCUT2D eigenvalue weighted by molar-refractivity contribution is 5.94. The van der Waals surface area contributed by atoms with Gasteiger partial charge in [-0.05, 0) is 0 Å². The monoisotopic (exact) mass is 125 g/mol. The zero-order valence-electron chi connectivity index (χ0n) is 5.33. The molecule has 1 aliphatic rings. The van der Waals surface area contributed by atoms with E-state index in [-0.39, 0.29) is 5.91 Å². The van der Waals surface area contributed by atoms with Gasteiger partial charge in [-0.1, -0.05) is 0 Å². The fraction of sp³-hybridized carbons (Fsp3) is 0.400. The predicted octanol–water partition coefficient (Wildman–Crippen LogP) is 0.382. The van der Waals surface area contributed by atoms with Crippen molar-refractivity contribution in [2.45, 2.75) is 0 Å². The lowest BCUT2D eigenvalue weighted by Crippen LogP contribution is -2.15. The van der Waals surface area contributed by atoms with E-state index in [0.717, 1.165) is 0 Å². The van der Waals surface area contributed by atoms with E-state index in [1.807, 2.05) is 0 Å². The molecule has 4 nitrogen and oxygen atoms in total. The molecule has 9 heavy (non-hydrogen) atoms. The molecular weight excluding hydrogens is 118 g/mol. The van der Waals surface area contributed by atoms with E-state index in [1.165, 1.54) is 6.20 Å². The van der Waals surface area contributed by atoms with Gasteiger partial charge in [0.25, 0.3) is 0 Å². The minimum atomic E-state index is -0.264. The molecule has 0 atom stereocenters. The minimum Gasteiger partial charge on any atom is -0.372 e. The maximum atomic E-state index is 10.6. The maximum absolute atomic E-state index is 10.6. The minimum absolute atomic E-state index is 0.264. The molecule has 0 aromatic heterocycles. The first-order valence-electron chi connectivity index (χ1n) is 2.54. The van der Waals surface area contributed by atoms with Gasteiger partial charge in [0.05, 0.1) is 6.20 Å². The number of hydrogen-bond donors (Lipinski definition) is 0. The van der Waals surface area contributed by atoms with Crippen LogP contribution in [0.2, 0.25) is 0 Å². The van der Waals surface area contributed by atoms with Crippen molar-refractivity contribution in [3.63, 3.8) is 0 Å². The van der Waals surface area contributed by atoms with Gasteiger partial charge in [-0.2, -0.15) is 5.11 Å². The molecule has 0 aromatic rings. The van der Waals surface area contributed by atoms with Crippen LogP contribution in [-0.4, -0.2) is 24.9 Å². The fourth-order valence-electron chi connectivity index (χ4n) is 0.549. The highest BCUT2D eigenvalue weighted by atomic mass is 16.2. The normalized spacial score (nSPS) is 16.2. The first-order valence-corrected chi connectivity index (χ1v) is 2.54. The van der Waals surface area contributed by atoms with Crippen LogP contribution in [0.3, 0.4) is 0 Å². The van der Waals surface area contributed by atoms with Crippen molar-refractivity contribution >= 4 is 5.91 Å². The number of carbonyl (C=O) groups is 1. The third-order valence-corrected chi connectivity index (χ3v) is 1.03. The van der Waals surface area contributed by atoms with E-state index in [1.54, 1.807) is 19.0 Å². The molecule has 1 heterocycles. The number of azo groups is 1. The highest BCUT2D eigenvalue weighted by Gasteiger charge is 2.13. The lowest BCUT2D eigenvalue weighted by molar-refractivity contribution is -0.115. The van der Waals surface area contributed by atoms with Gasteiger partial charge in [0.1, 0.15) is 5.70 Å². The fourth-order valence-corrected chi connectivity index (χ4v) is 0.549. The molecule has 0 aromatic carbocycles. The Morgan fingerprint density at radius 3 is 2.44 bits per heavy atom. The quantitative estimate of drug-likeness (QED) is 0.508. The number of rotatable bonds is 1. The molecule has 0 spiro atoms. The van der Waals surface area contributed by atoms with Crippen LogP contribution in [-0.2, 0) is 4.79 Å². The molecule has 0 bridgehead atoms. The molecule has 0 fully saturated rings. The summed E-state index contributed by atoms with van der Waals surface area (Å²) in [6.45, 7) is 0. The molecule has 0 radical (unpaired) electrons. The van der Waals surface area contributed by atoms with Gasteiger partial charge in [0, 0.05) is 14.1 Å². The molecule has 1 amide bonds. The van der Waals surface area contributed by atoms with Crippen molar-refractivity contribution in [2.24, 2.45) is 10.2 Å². The smallest absolute Gasteiger partial charge is 0.313 e. The van der Waals surface area contributed by atoms with Gasteiger partial charge in [-0.3, -0.25) is 4.79 Å². The summed E-state index contributed by atoms with van der Waals surface area (Å²) in [5.74, 6) is -0.264. The van der Waals surface area contributed by atoms with Gasteiger partial charge < -0.3 is 4.90 Å². The Bertz CT molecular complexity index is 192. The number of hydrogen-bond acceptors (Lipinski definition) is 3. The topological polar surface area (TPSA) is 45.0 Å². The van der Waals surface area contributed by atoms with Gasteiger partial charge in [0.2, 0.25) is 0 Å². The summed E-state index contributed by atoms with van der Waals surface area (Å²) in [6, 6.07) is 0. The van der Waals surface area contributed by atoms with Gasteiger partial charge >= 0.3 is 5.91 Å². The van der Waals surface area contributed by atoms with Crippen LogP contribution in [0.25, 0.3) is 0 Å². The summed E-state index contributed by atoms with van der Waals surface area (Å²) in [5, 5.41) is 6.73. The molecule has 0 unspecified atom stereocenters. The summed E-state index contributed by atoms with van der Waals surface area (Å²) in [5.41, 5.74) is 0.537. The number of amides is 1. The zero-order valence-corrected chi connectivity index (χ0v) is 5.33. The van der Waals surface area contributed by atoms with E-state index in [2.05, 4.69) is 10.2 Å². The van der Waals surface area contributed by atoms with Crippen LogP contribution in [0.5, 0.6) is 0 Å². The highest BCUT2D eigenvalue weighted by Crippen LogP contribution is 2.07. The first-order chi connectivity index (χ1) is 4.22. The molecule has 0 saturated heterocycles. The lowest BCUT2D eigenvalue weighted by Gasteiger charge is -2.08. The van der Waals surface area contributed by atoms with Crippen molar-refractivity contribution in [3.05, 3.63) is 11.9 Å². The SMILES string of the molecule is CN(C)C1=CN=NC1=O. The molecule has 4 heteroatoms. The van der Waals surface area contributed by atoms with E-state index in [4.69, 9.17) is 0 Å². The summed E-state index contributed by atoms with van der Waals surface area (Å²) in [7, 11) is 3.56. The average molecular weight is 125 g/mol. The van der Waals surface area contributed by atoms with E-state index in [0.29, 0.717) is 5.70 Å². The average Bonchev–Trinajstić information content (AvgIpc) is 2.13. The first kappa shape index (κ1) is 5.94. The second-order valence-corrected chi connectivity index (χ2v) is 1.93. The summed E-state index contributed by atoms with van der Waals surface area (Å²) >= 11 is 0. The Morgan fingerprint density at radius 2 is 2.22 bits per heavy atom. The van der Waals surface area contributed by atoms with Crippen molar-refractivity contribution in [3.8, 4) is 0 Å². The number of carbonyl (C=O) groups excluding carboxylic acids is 1. The van der Waals surface area contributed by atoms with Crippen LogP contribution in [0, 0.1) is 0 Å². The zero-order chi connectivity index (χ0) is 6.85. The molecular formula is C5H7N3O. The van der Waals surface area contributed by atoms with Crippen LogP contribution in [0.4, 0.5) is 0 Å². The van der Waals surface area contributed by atoms with Crippen molar-refractivity contribution in [1.29, 1.82) is 0 Å². The van der Waals surface area contributed by atoms with Crippen molar-refractivity contribution in [2.75, 3.05) is 14.1 Å². The van der Waals surface area contributed by atoms with Crippen molar-refractivity contribution in [1.82, 2.24) is 4.90 Å². The maximum Gasteiger partial charge on any atom is 0.313 e. The largest absolute Gasteiger partial charge is 0.372 e. The van der Waals surface area contributed by atoms with Crippen LogP contribution in [0.1, 0.15) is 0 Å². The molecule has 48 valence electrons. The van der Waals surface area contributed by atoms with E-state index < -0.39 is 0 Å². The van der Waals surface area contributed by atoms with Crippen LogP contribution < -0.4 is 0 Å². The third-order valence-electron chi connectivity index (χ3n) is 1.03. The Morgan fingerprint density at radius 1 is 1.56 bits per heavy atom. The Labute approximate surface area is 52.9 Å². The van der Waals surface area contributed by atoms with Gasteiger partial charge in [-0.15, -0.1) is 5.11 Å². The van der Waals surface area contributed by atoms with E-state index >= 15 is 0 Å². The third kappa shape index (κ3) is 0.960. The number of nitrogens with zero attached hydrogens (tertiary/aromatic N) is 3. The second kappa shape index (κ2) is 1.97. The molecule has 1 rings (SSSR count). The molecule has 0 aliphatic carbocycles. The summed E-state index contributed by atoms with van der Waals surface area (Å²) in [6.07, 6.45) is 1.45. The molecule has 0 saturated carbocycles. The molecule has 1 aliphatic heterocycles. The van der Waals surface area contributed by atoms with Crippen LogP contribution in [0.15, 0.2) is 22.1 Å². The lowest BCUT2D eigenvalue weighted by atomic mass is 10.4. The Hall–Kier alpha value is -1.19. The van der Waals surface area contributed by atoms with Gasteiger partial charge in [0.15, 0.2) is 0 Å². The van der Waals surface area contributed by atoms with Crippen molar-refractivity contribution < 1.29 is 4.79 Å². The second-order valence-electron chi connectivity index (χ2n) is 1.93. The summed E-state index contributed by atoms with van der Waals surface area (Å²) < 4.78 is 0. The van der Waals surface area contributed by atoms with E-state index in [9.17, 15) is 4.79 Å². The van der Waals surface area contributed by atoms with Crippen LogP contribution >= 0.6 is 0 Å². The number of likely N-dealkylation sites (N-methyl/N-ethyl adjacent to an activating group) is 1. The summed E-state index contributed by atoms with van der Waals surface area (Å²) in [4.78, 5) is 12.3.